The third-order valence-electron chi connectivity index (χ3n) is 12.4. The van der Waals surface area contributed by atoms with Gasteiger partial charge in [0.05, 0.1) is 16.8 Å². The fraction of sp³-hybridized carbons (Fsp3) is 0.0566. The highest BCUT2D eigenvalue weighted by Gasteiger charge is 2.49. The fourth-order valence-corrected chi connectivity index (χ4v) is 15.5. The van der Waals surface area contributed by atoms with Crippen molar-refractivity contribution >= 4 is 68.8 Å². The highest BCUT2D eigenvalue weighted by Crippen LogP contribution is 2.59. The summed E-state index contributed by atoms with van der Waals surface area (Å²) in [6, 6.07) is 74.7. The molecule has 0 saturated carbocycles. The largest absolute Gasteiger partial charge is 0.309 e. The molecule has 0 atom stereocenters. The van der Waals surface area contributed by atoms with Crippen LogP contribution >= 0.6 is 11.8 Å². The molecule has 2 aliphatic rings. The van der Waals surface area contributed by atoms with E-state index in [0.29, 0.717) is 0 Å². The van der Waals surface area contributed by atoms with Gasteiger partial charge in [0.25, 0.3) is 0 Å². The second-order valence-corrected chi connectivity index (χ2v) is 21.0. The van der Waals surface area contributed by atoms with Crippen LogP contribution in [0.3, 0.4) is 0 Å². The zero-order valence-corrected chi connectivity index (χ0v) is 33.2. The van der Waals surface area contributed by atoms with Gasteiger partial charge in [0, 0.05) is 26.4 Å². The van der Waals surface area contributed by atoms with E-state index in [4.69, 9.17) is 0 Å². The van der Waals surface area contributed by atoms with E-state index < -0.39 is 13.5 Å². The first-order chi connectivity index (χ1) is 27.6. The van der Waals surface area contributed by atoms with Crippen molar-refractivity contribution in [3.63, 3.8) is 0 Å². The molecule has 1 nitrogen and oxygen atoms in total. The highest BCUT2D eigenvalue weighted by atomic mass is 32.2. The zero-order chi connectivity index (χ0) is 37.4. The third-order valence-corrected chi connectivity index (χ3v) is 17.5. The van der Waals surface area contributed by atoms with Crippen molar-refractivity contribution in [3.8, 4) is 11.1 Å². The molecule has 1 aliphatic carbocycles. The second kappa shape index (κ2) is 12.7. The average Bonchev–Trinajstić information content (AvgIpc) is 3.56. The number of fused-ring (bicyclic) bond motifs is 9. The summed E-state index contributed by atoms with van der Waals surface area (Å²) in [6.07, 6.45) is 0. The van der Waals surface area contributed by atoms with Gasteiger partial charge in [0.1, 0.15) is 8.07 Å². The van der Waals surface area contributed by atoms with Gasteiger partial charge in [-0.1, -0.05) is 201 Å². The van der Waals surface area contributed by atoms with Gasteiger partial charge < -0.3 is 4.90 Å². The van der Waals surface area contributed by atoms with Crippen molar-refractivity contribution < 1.29 is 0 Å². The van der Waals surface area contributed by atoms with E-state index in [2.05, 4.69) is 218 Å². The lowest BCUT2D eigenvalue weighted by Crippen LogP contribution is -2.56. The minimum atomic E-state index is -2.22. The lowest BCUT2D eigenvalue weighted by atomic mass is 9.68. The summed E-state index contributed by atoms with van der Waals surface area (Å²) < 4.78 is 0. The number of para-hydroxylation sites is 1. The first kappa shape index (κ1) is 33.2. The Morgan fingerprint density at radius 3 is 1.77 bits per heavy atom. The molecule has 0 fully saturated rings. The van der Waals surface area contributed by atoms with Gasteiger partial charge in [-0.05, 0) is 78.6 Å². The van der Waals surface area contributed by atoms with E-state index in [1.165, 1.54) is 86.5 Å². The van der Waals surface area contributed by atoms with Crippen LogP contribution in [0.5, 0.6) is 0 Å². The number of hydrogen-bond donors (Lipinski definition) is 0. The molecular weight excluding hydrogens is 711 g/mol. The molecule has 56 heavy (non-hydrogen) atoms. The Hall–Kier alpha value is -6.13. The minimum absolute atomic E-state index is 0.435. The molecule has 0 N–H and O–H groups in total. The molecular formula is C53H39NSSi. The number of benzene rings is 9. The minimum Gasteiger partial charge on any atom is -0.309 e. The monoisotopic (exact) mass is 749 g/mol. The molecule has 0 bridgehead atoms. The van der Waals surface area contributed by atoms with E-state index in [9.17, 15) is 0 Å². The van der Waals surface area contributed by atoms with Crippen LogP contribution in [0.1, 0.15) is 22.3 Å². The van der Waals surface area contributed by atoms with Crippen LogP contribution in [0.25, 0.3) is 32.7 Å². The van der Waals surface area contributed by atoms with Crippen LogP contribution in [0.4, 0.5) is 17.1 Å². The molecule has 11 rings (SSSR count). The summed E-state index contributed by atoms with van der Waals surface area (Å²) in [5, 5.41) is 8.04. The van der Waals surface area contributed by atoms with Crippen LogP contribution in [0.2, 0.25) is 13.1 Å². The van der Waals surface area contributed by atoms with Crippen LogP contribution in [-0.2, 0) is 5.41 Å². The molecule has 0 unspecified atom stereocenters. The van der Waals surface area contributed by atoms with Gasteiger partial charge in [-0.15, -0.1) is 0 Å². The van der Waals surface area contributed by atoms with Gasteiger partial charge in [0.15, 0.2) is 0 Å². The van der Waals surface area contributed by atoms with Crippen molar-refractivity contribution in [3.05, 3.63) is 222 Å². The molecule has 9 aromatic carbocycles. The van der Waals surface area contributed by atoms with Crippen LogP contribution in [0.15, 0.2) is 210 Å². The predicted octanol–water partition coefficient (Wildman–Crippen LogP) is 13.1. The van der Waals surface area contributed by atoms with Crippen molar-refractivity contribution in [2.24, 2.45) is 0 Å². The summed E-state index contributed by atoms with van der Waals surface area (Å²) >= 11 is 1.99. The molecule has 3 heteroatoms. The van der Waals surface area contributed by atoms with Gasteiger partial charge in [-0.3, -0.25) is 0 Å². The molecule has 0 amide bonds. The van der Waals surface area contributed by atoms with E-state index in [1.807, 2.05) is 11.8 Å². The highest BCUT2D eigenvalue weighted by molar-refractivity contribution is 8.00. The number of anilines is 3. The predicted molar refractivity (Wildman–Crippen MR) is 241 cm³/mol. The molecule has 9 aromatic rings. The van der Waals surface area contributed by atoms with Crippen LogP contribution in [0, 0.1) is 0 Å². The second-order valence-electron chi connectivity index (χ2n) is 15.6. The summed E-state index contributed by atoms with van der Waals surface area (Å²) in [5.74, 6) is 0. The smallest absolute Gasteiger partial charge is 0.115 e. The SMILES string of the molecule is C[Si]1(C)c2cccc(N(c3ccccc3)c3cc4ccccc4c4ccccc34)c2Sc2c1ccc1c2-c2ccccc2C1(c1ccccc1)c1ccccc1. The van der Waals surface area contributed by atoms with Crippen molar-refractivity contribution in [2.75, 3.05) is 4.90 Å². The maximum Gasteiger partial charge on any atom is 0.115 e. The molecule has 1 aliphatic heterocycles. The quantitative estimate of drug-likeness (QED) is 0.127. The van der Waals surface area contributed by atoms with Crippen molar-refractivity contribution in [2.45, 2.75) is 28.3 Å². The first-order valence-electron chi connectivity index (χ1n) is 19.5. The summed E-state index contributed by atoms with van der Waals surface area (Å²) in [7, 11) is -2.22. The van der Waals surface area contributed by atoms with E-state index >= 15 is 0 Å². The van der Waals surface area contributed by atoms with E-state index in [1.54, 1.807) is 0 Å². The lowest BCUT2D eigenvalue weighted by Gasteiger charge is -2.38. The Morgan fingerprint density at radius 1 is 0.446 bits per heavy atom. The van der Waals surface area contributed by atoms with Gasteiger partial charge in [-0.25, -0.2) is 0 Å². The molecule has 0 spiro atoms. The van der Waals surface area contributed by atoms with Gasteiger partial charge >= 0.3 is 0 Å². The van der Waals surface area contributed by atoms with Gasteiger partial charge in [0.2, 0.25) is 0 Å². The standard InChI is InChI=1S/C53H39NSSi/c1-56(2)48-32-18-31-46(54(39-24-10-5-11-25-39)47-35-36-19-12-13-26-40(36)41-27-14-15-28-42(41)47)51(48)55-52-49(56)34-33-45-50(52)43-29-16-17-30-44(43)53(45,37-20-6-3-7-21-37)38-22-8-4-9-23-38/h3-35H,1-2H3. The number of nitrogens with zero attached hydrogens (tertiary/aromatic N) is 1. The Balaban J connectivity index is 1.20. The fourth-order valence-electron chi connectivity index (χ4n) is 9.85. The Bertz CT molecular complexity index is 2930. The molecule has 1 heterocycles. The van der Waals surface area contributed by atoms with Crippen LogP contribution in [-0.4, -0.2) is 8.07 Å². The summed E-state index contributed by atoms with van der Waals surface area (Å²) in [4.78, 5) is 5.31. The maximum absolute atomic E-state index is 2.56. The Kier molecular flexibility index (Phi) is 7.54. The lowest BCUT2D eigenvalue weighted by molar-refractivity contribution is 0.767. The molecule has 0 radical (unpaired) electrons. The topological polar surface area (TPSA) is 3.24 Å². The van der Waals surface area contributed by atoms with Crippen molar-refractivity contribution in [1.29, 1.82) is 0 Å². The number of hydrogen-bond acceptors (Lipinski definition) is 2. The number of rotatable bonds is 5. The summed E-state index contributed by atoms with van der Waals surface area (Å²) in [6.45, 7) is 5.11. The zero-order valence-electron chi connectivity index (χ0n) is 31.4. The van der Waals surface area contributed by atoms with Crippen molar-refractivity contribution in [1.82, 2.24) is 0 Å². The Morgan fingerprint density at radius 2 is 1.04 bits per heavy atom. The van der Waals surface area contributed by atoms with E-state index in [0.717, 1.165) is 5.69 Å². The van der Waals surface area contributed by atoms with Gasteiger partial charge in [-0.2, -0.15) is 0 Å². The van der Waals surface area contributed by atoms with E-state index in [-0.39, 0.29) is 0 Å². The average molecular weight is 750 g/mol. The molecule has 266 valence electrons. The maximum atomic E-state index is 2.56. The molecule has 0 aromatic heterocycles. The van der Waals surface area contributed by atoms with Crippen LogP contribution < -0.4 is 15.3 Å². The normalized spacial score (nSPS) is 14.5. The first-order valence-corrected chi connectivity index (χ1v) is 23.3. The summed E-state index contributed by atoms with van der Waals surface area (Å²) in [5.41, 5.74) is 11.2. The molecule has 0 saturated heterocycles. The third kappa shape index (κ3) is 4.68. The Labute approximate surface area is 333 Å².